The van der Waals surface area contributed by atoms with Crippen molar-refractivity contribution in [3.05, 3.63) is 77.1 Å². The fourth-order valence-corrected chi connectivity index (χ4v) is 3.69. The van der Waals surface area contributed by atoms with Gasteiger partial charge in [-0.3, -0.25) is 9.59 Å². The third-order valence-electron chi connectivity index (χ3n) is 4.37. The van der Waals surface area contributed by atoms with E-state index in [0.29, 0.717) is 22.9 Å². The summed E-state index contributed by atoms with van der Waals surface area (Å²) in [7, 11) is 0. The minimum Gasteiger partial charge on any atom is -0.342 e. The van der Waals surface area contributed by atoms with Gasteiger partial charge in [-0.15, -0.1) is 0 Å². The number of alkyl halides is 3. The Bertz CT molecular complexity index is 1130. The van der Waals surface area contributed by atoms with Crippen molar-refractivity contribution in [3.8, 4) is 0 Å². The number of thioether (sulfide) groups is 1. The van der Waals surface area contributed by atoms with Crippen LogP contribution in [0.5, 0.6) is 0 Å². The van der Waals surface area contributed by atoms with Crippen LogP contribution in [0.2, 0.25) is 0 Å². The monoisotopic (exact) mass is 402 g/mol. The number of rotatable bonds is 3. The Morgan fingerprint density at radius 3 is 2.57 bits per heavy atom. The molecule has 1 aliphatic heterocycles. The van der Waals surface area contributed by atoms with Gasteiger partial charge in [-0.2, -0.15) is 13.2 Å². The summed E-state index contributed by atoms with van der Waals surface area (Å²) in [6.45, 7) is 0.239. The van der Waals surface area contributed by atoms with Crippen molar-refractivity contribution in [1.29, 1.82) is 0 Å². The molecule has 0 spiro atoms. The summed E-state index contributed by atoms with van der Waals surface area (Å²) in [5, 5.41) is 2.55. The van der Waals surface area contributed by atoms with Crippen LogP contribution in [0.1, 0.15) is 16.7 Å². The molecule has 3 aromatic rings. The minimum absolute atomic E-state index is 0.192. The molecule has 1 aliphatic rings. The number of nitrogens with zero attached hydrogens (tertiary/aromatic N) is 1. The molecule has 2 heterocycles. The van der Waals surface area contributed by atoms with Gasteiger partial charge in [0.2, 0.25) is 5.12 Å². The average molecular weight is 402 g/mol. The average Bonchev–Trinajstić information content (AvgIpc) is 3.15. The van der Waals surface area contributed by atoms with Crippen molar-refractivity contribution >= 4 is 39.1 Å². The number of benzene rings is 2. The Kier molecular flexibility index (Phi) is 4.50. The predicted molar refractivity (Wildman–Crippen MR) is 102 cm³/mol. The standard InChI is InChI=1S/C20H13F3N2O2S/c21-20(22,23)14-5-3-4-12(8-14)10-25-11-13(15-6-1-2-7-17(15)25)9-16-18(26)28-19(27)24-16/h1-9,11H,10H2,(H,24,27). The van der Waals surface area contributed by atoms with Gasteiger partial charge >= 0.3 is 6.18 Å². The van der Waals surface area contributed by atoms with Gasteiger partial charge in [0.15, 0.2) is 0 Å². The highest BCUT2D eigenvalue weighted by molar-refractivity contribution is 8.27. The second-order valence-electron chi connectivity index (χ2n) is 6.29. The summed E-state index contributed by atoms with van der Waals surface area (Å²) in [6.07, 6.45) is -1.05. The summed E-state index contributed by atoms with van der Waals surface area (Å²) in [4.78, 5) is 23.2. The molecule has 142 valence electrons. The van der Waals surface area contributed by atoms with E-state index >= 15 is 0 Å². The Morgan fingerprint density at radius 1 is 1.07 bits per heavy atom. The van der Waals surface area contributed by atoms with E-state index in [-0.39, 0.29) is 17.4 Å². The first kappa shape index (κ1) is 18.4. The van der Waals surface area contributed by atoms with Crippen LogP contribution in [-0.2, 0) is 17.5 Å². The van der Waals surface area contributed by atoms with Crippen molar-refractivity contribution in [2.75, 3.05) is 0 Å². The molecule has 4 nitrogen and oxygen atoms in total. The molecule has 0 bridgehead atoms. The maximum atomic E-state index is 13.0. The summed E-state index contributed by atoms with van der Waals surface area (Å²) >= 11 is 0.596. The third kappa shape index (κ3) is 3.55. The summed E-state index contributed by atoms with van der Waals surface area (Å²) in [6, 6.07) is 12.6. The lowest BCUT2D eigenvalue weighted by Gasteiger charge is -2.10. The Balaban J connectivity index is 1.74. The highest BCUT2D eigenvalue weighted by atomic mass is 32.2. The largest absolute Gasteiger partial charge is 0.416 e. The molecule has 0 atom stereocenters. The van der Waals surface area contributed by atoms with Crippen LogP contribution < -0.4 is 5.32 Å². The van der Waals surface area contributed by atoms with E-state index in [2.05, 4.69) is 5.32 Å². The van der Waals surface area contributed by atoms with E-state index in [9.17, 15) is 22.8 Å². The third-order valence-corrected chi connectivity index (χ3v) is 5.06. The zero-order valence-corrected chi connectivity index (χ0v) is 15.1. The van der Waals surface area contributed by atoms with E-state index in [4.69, 9.17) is 0 Å². The normalized spacial score (nSPS) is 16.2. The number of fused-ring (bicyclic) bond motifs is 1. The fourth-order valence-electron chi connectivity index (χ4n) is 3.14. The number of hydrogen-bond acceptors (Lipinski definition) is 3. The molecule has 1 N–H and O–H groups in total. The Morgan fingerprint density at radius 2 is 1.86 bits per heavy atom. The van der Waals surface area contributed by atoms with Crippen LogP contribution >= 0.6 is 11.8 Å². The lowest BCUT2D eigenvalue weighted by Crippen LogP contribution is -2.10. The second-order valence-corrected chi connectivity index (χ2v) is 7.23. The van der Waals surface area contributed by atoms with Crippen molar-refractivity contribution in [2.45, 2.75) is 12.7 Å². The molecule has 0 unspecified atom stereocenters. The van der Waals surface area contributed by atoms with Gasteiger partial charge in [0, 0.05) is 41.0 Å². The topological polar surface area (TPSA) is 51.1 Å². The molecule has 0 saturated carbocycles. The van der Waals surface area contributed by atoms with E-state index in [1.54, 1.807) is 18.3 Å². The van der Waals surface area contributed by atoms with E-state index < -0.39 is 17.0 Å². The van der Waals surface area contributed by atoms with Gasteiger partial charge in [-0.1, -0.05) is 30.3 Å². The van der Waals surface area contributed by atoms with Gasteiger partial charge in [-0.25, -0.2) is 0 Å². The fraction of sp³-hybridized carbons (Fsp3) is 0.100. The first-order chi connectivity index (χ1) is 13.3. The van der Waals surface area contributed by atoms with Crippen LogP contribution in [0.4, 0.5) is 18.0 Å². The lowest BCUT2D eigenvalue weighted by molar-refractivity contribution is -0.137. The highest BCUT2D eigenvalue weighted by Crippen LogP contribution is 2.31. The quantitative estimate of drug-likeness (QED) is 0.625. The molecular formula is C20H13F3N2O2S. The van der Waals surface area contributed by atoms with Gasteiger partial charge < -0.3 is 9.88 Å². The van der Waals surface area contributed by atoms with Crippen molar-refractivity contribution in [3.63, 3.8) is 0 Å². The molecule has 4 rings (SSSR count). The number of halogens is 3. The zero-order valence-electron chi connectivity index (χ0n) is 14.3. The number of amides is 1. The lowest BCUT2D eigenvalue weighted by atomic mass is 10.1. The van der Waals surface area contributed by atoms with Crippen LogP contribution in [0, 0.1) is 0 Å². The van der Waals surface area contributed by atoms with Gasteiger partial charge in [0.05, 0.1) is 11.3 Å². The van der Waals surface area contributed by atoms with E-state index in [1.165, 1.54) is 6.07 Å². The molecule has 0 radical (unpaired) electrons. The summed E-state index contributed by atoms with van der Waals surface area (Å²) in [5.41, 5.74) is 1.53. The summed E-state index contributed by atoms with van der Waals surface area (Å²) < 4.78 is 40.8. The smallest absolute Gasteiger partial charge is 0.342 e. The summed E-state index contributed by atoms with van der Waals surface area (Å²) in [5.74, 6) is 0. The Hall–Kier alpha value is -3.00. The zero-order chi connectivity index (χ0) is 19.9. The molecule has 0 aliphatic carbocycles. The Labute approximate surface area is 162 Å². The van der Waals surface area contributed by atoms with Gasteiger partial charge in [0.1, 0.15) is 0 Å². The number of carbonyl (C=O) groups is 2. The molecule has 1 saturated heterocycles. The highest BCUT2D eigenvalue weighted by Gasteiger charge is 2.30. The van der Waals surface area contributed by atoms with Gasteiger partial charge in [-0.05, 0) is 29.8 Å². The van der Waals surface area contributed by atoms with Crippen LogP contribution in [-0.4, -0.2) is 14.9 Å². The van der Waals surface area contributed by atoms with Gasteiger partial charge in [0.25, 0.3) is 5.24 Å². The van der Waals surface area contributed by atoms with Crippen molar-refractivity contribution in [1.82, 2.24) is 9.88 Å². The maximum Gasteiger partial charge on any atom is 0.416 e. The molecular weight excluding hydrogens is 389 g/mol. The molecule has 1 amide bonds. The van der Waals surface area contributed by atoms with Crippen molar-refractivity contribution < 1.29 is 22.8 Å². The number of aromatic nitrogens is 1. The SMILES string of the molecule is O=C1NC(=Cc2cn(Cc3cccc(C(F)(F)F)c3)c3ccccc23)C(=O)S1. The first-order valence-corrected chi connectivity index (χ1v) is 9.12. The number of para-hydroxylation sites is 1. The van der Waals surface area contributed by atoms with Crippen LogP contribution in [0.3, 0.4) is 0 Å². The van der Waals surface area contributed by atoms with Crippen LogP contribution in [0.25, 0.3) is 17.0 Å². The molecule has 8 heteroatoms. The number of carbonyl (C=O) groups excluding carboxylic acids is 2. The number of nitrogens with one attached hydrogen (secondary N) is 1. The molecule has 1 fully saturated rings. The number of hydrogen-bond donors (Lipinski definition) is 1. The molecule has 2 aromatic carbocycles. The van der Waals surface area contributed by atoms with E-state index in [0.717, 1.165) is 23.0 Å². The predicted octanol–water partition coefficient (Wildman–Crippen LogP) is 5.03. The molecule has 28 heavy (non-hydrogen) atoms. The maximum absolute atomic E-state index is 13.0. The van der Waals surface area contributed by atoms with Crippen LogP contribution in [0.15, 0.2) is 60.4 Å². The second kappa shape index (κ2) is 6.87. The van der Waals surface area contributed by atoms with Crippen molar-refractivity contribution in [2.24, 2.45) is 0 Å². The first-order valence-electron chi connectivity index (χ1n) is 8.30. The minimum atomic E-state index is -4.40. The molecule has 1 aromatic heterocycles. The van der Waals surface area contributed by atoms with E-state index in [1.807, 2.05) is 28.8 Å².